The number of benzene rings is 1. The van der Waals surface area contributed by atoms with Crippen molar-refractivity contribution >= 4 is 33.8 Å². The van der Waals surface area contributed by atoms with Gasteiger partial charge in [0.15, 0.2) is 6.29 Å². The Bertz CT molecular complexity index is 566. The number of carbonyl (C=O) groups excluding carboxylic acids is 1. The first-order chi connectivity index (χ1) is 8.67. The van der Waals surface area contributed by atoms with Crippen LogP contribution < -0.4 is 0 Å². The summed E-state index contributed by atoms with van der Waals surface area (Å²) in [5.41, 5.74) is 1.68. The van der Waals surface area contributed by atoms with Gasteiger partial charge in [-0.3, -0.25) is 4.79 Å². The summed E-state index contributed by atoms with van der Waals surface area (Å²) in [6.45, 7) is 0.247. The number of nitrogens with zero attached hydrogens (tertiary/aromatic N) is 2. The van der Waals surface area contributed by atoms with E-state index in [1.54, 1.807) is 7.11 Å². The maximum absolute atomic E-state index is 11.0. The van der Waals surface area contributed by atoms with E-state index in [0.717, 1.165) is 10.2 Å². The second-order valence-electron chi connectivity index (χ2n) is 3.59. The second kappa shape index (κ2) is 5.65. The molecule has 1 aromatic carbocycles. The standard InChI is InChI=1S/C12H10BrClN2O2/c1-18-7-11-10(6-17)12(14)16(15-11)9-4-2-8(13)3-5-9/h2-6H,7H2,1H3. The Morgan fingerprint density at radius 1 is 1.44 bits per heavy atom. The van der Waals surface area contributed by atoms with Crippen LogP contribution in [0.3, 0.4) is 0 Å². The van der Waals surface area contributed by atoms with Gasteiger partial charge >= 0.3 is 0 Å². The van der Waals surface area contributed by atoms with E-state index in [1.165, 1.54) is 4.68 Å². The average Bonchev–Trinajstić information content (AvgIpc) is 2.67. The minimum Gasteiger partial charge on any atom is -0.378 e. The van der Waals surface area contributed by atoms with Crippen molar-refractivity contribution in [3.8, 4) is 5.69 Å². The summed E-state index contributed by atoms with van der Waals surface area (Å²) in [6, 6.07) is 7.47. The number of hydrogen-bond donors (Lipinski definition) is 0. The van der Waals surface area contributed by atoms with Gasteiger partial charge in [-0.1, -0.05) is 27.5 Å². The normalized spacial score (nSPS) is 10.6. The van der Waals surface area contributed by atoms with Crippen LogP contribution in [-0.4, -0.2) is 23.2 Å². The number of carbonyl (C=O) groups is 1. The Balaban J connectivity index is 2.51. The van der Waals surface area contributed by atoms with Crippen LogP contribution >= 0.6 is 27.5 Å². The highest BCUT2D eigenvalue weighted by Crippen LogP contribution is 2.23. The van der Waals surface area contributed by atoms with Crippen molar-refractivity contribution in [2.75, 3.05) is 7.11 Å². The first kappa shape index (κ1) is 13.3. The van der Waals surface area contributed by atoms with Crippen molar-refractivity contribution < 1.29 is 9.53 Å². The quantitative estimate of drug-likeness (QED) is 0.809. The van der Waals surface area contributed by atoms with E-state index in [-0.39, 0.29) is 6.61 Å². The van der Waals surface area contributed by atoms with Crippen molar-refractivity contribution in [2.24, 2.45) is 0 Å². The fraction of sp³-hybridized carbons (Fsp3) is 0.167. The SMILES string of the molecule is COCc1nn(-c2ccc(Br)cc2)c(Cl)c1C=O. The maximum Gasteiger partial charge on any atom is 0.155 e. The molecule has 0 saturated heterocycles. The monoisotopic (exact) mass is 328 g/mol. The predicted molar refractivity (Wildman–Crippen MR) is 72.4 cm³/mol. The number of hydrogen-bond acceptors (Lipinski definition) is 3. The number of aldehydes is 1. The van der Waals surface area contributed by atoms with Gasteiger partial charge in [-0.05, 0) is 24.3 Å². The first-order valence-electron chi connectivity index (χ1n) is 5.15. The fourth-order valence-corrected chi connectivity index (χ4v) is 2.12. The zero-order chi connectivity index (χ0) is 13.1. The van der Waals surface area contributed by atoms with Gasteiger partial charge in [0.2, 0.25) is 0 Å². The molecule has 0 atom stereocenters. The lowest BCUT2D eigenvalue weighted by atomic mass is 10.3. The van der Waals surface area contributed by atoms with E-state index < -0.39 is 0 Å². The average molecular weight is 330 g/mol. The van der Waals surface area contributed by atoms with Gasteiger partial charge in [0, 0.05) is 11.6 Å². The van der Waals surface area contributed by atoms with Crippen LogP contribution in [-0.2, 0) is 11.3 Å². The molecule has 0 radical (unpaired) electrons. The van der Waals surface area contributed by atoms with Gasteiger partial charge < -0.3 is 4.74 Å². The molecule has 0 spiro atoms. The second-order valence-corrected chi connectivity index (χ2v) is 4.86. The van der Waals surface area contributed by atoms with Crippen LogP contribution in [0.2, 0.25) is 5.15 Å². The molecule has 0 N–H and O–H groups in total. The van der Waals surface area contributed by atoms with Crippen LogP contribution in [0.4, 0.5) is 0 Å². The molecule has 0 bridgehead atoms. The summed E-state index contributed by atoms with van der Waals surface area (Å²) < 4.78 is 7.47. The minimum absolute atomic E-state index is 0.247. The van der Waals surface area contributed by atoms with Crippen molar-refractivity contribution in [2.45, 2.75) is 6.61 Å². The number of aromatic nitrogens is 2. The van der Waals surface area contributed by atoms with E-state index in [4.69, 9.17) is 16.3 Å². The largest absolute Gasteiger partial charge is 0.378 e. The lowest BCUT2D eigenvalue weighted by Crippen LogP contribution is -1.97. The molecule has 2 aromatic rings. The maximum atomic E-state index is 11.0. The fourth-order valence-electron chi connectivity index (χ4n) is 1.56. The molecule has 94 valence electrons. The first-order valence-corrected chi connectivity index (χ1v) is 6.32. The molecule has 0 saturated carbocycles. The van der Waals surface area contributed by atoms with Crippen molar-refractivity contribution in [1.82, 2.24) is 9.78 Å². The topological polar surface area (TPSA) is 44.1 Å². The Morgan fingerprint density at radius 3 is 2.67 bits per heavy atom. The highest BCUT2D eigenvalue weighted by molar-refractivity contribution is 9.10. The van der Waals surface area contributed by atoms with E-state index in [0.29, 0.717) is 22.7 Å². The van der Waals surface area contributed by atoms with E-state index in [9.17, 15) is 4.79 Å². The van der Waals surface area contributed by atoms with Gasteiger partial charge in [-0.15, -0.1) is 0 Å². The highest BCUT2D eigenvalue weighted by Gasteiger charge is 2.16. The number of halogens is 2. The Morgan fingerprint density at radius 2 is 2.11 bits per heavy atom. The molecule has 1 aromatic heterocycles. The third-order valence-corrected chi connectivity index (χ3v) is 3.30. The van der Waals surface area contributed by atoms with Gasteiger partial charge in [0.1, 0.15) is 10.8 Å². The third-order valence-electron chi connectivity index (χ3n) is 2.41. The van der Waals surface area contributed by atoms with Crippen LogP contribution in [0, 0.1) is 0 Å². The number of rotatable bonds is 4. The van der Waals surface area contributed by atoms with Crippen LogP contribution in [0.25, 0.3) is 5.69 Å². The Hall–Kier alpha value is -1.17. The summed E-state index contributed by atoms with van der Waals surface area (Å²) in [7, 11) is 1.54. The minimum atomic E-state index is 0.247. The van der Waals surface area contributed by atoms with Gasteiger partial charge in [-0.2, -0.15) is 5.10 Å². The van der Waals surface area contributed by atoms with Crippen molar-refractivity contribution in [1.29, 1.82) is 0 Å². The van der Waals surface area contributed by atoms with Crippen molar-refractivity contribution in [3.05, 3.63) is 45.1 Å². The van der Waals surface area contributed by atoms with Crippen LogP contribution in [0.1, 0.15) is 16.1 Å². The lowest BCUT2D eigenvalue weighted by molar-refractivity contribution is 0.111. The third kappa shape index (κ3) is 2.48. The molecule has 1 heterocycles. The summed E-state index contributed by atoms with van der Waals surface area (Å²) in [5.74, 6) is 0. The summed E-state index contributed by atoms with van der Waals surface area (Å²) in [5, 5.41) is 4.57. The zero-order valence-corrected chi connectivity index (χ0v) is 11.9. The van der Waals surface area contributed by atoms with Gasteiger partial charge in [0.25, 0.3) is 0 Å². The van der Waals surface area contributed by atoms with E-state index >= 15 is 0 Å². The predicted octanol–water partition coefficient (Wildman–Crippen LogP) is 3.25. The molecule has 0 fully saturated rings. The molecule has 18 heavy (non-hydrogen) atoms. The molecule has 4 nitrogen and oxygen atoms in total. The molecular formula is C12H10BrClN2O2. The van der Waals surface area contributed by atoms with Crippen LogP contribution in [0.15, 0.2) is 28.7 Å². The van der Waals surface area contributed by atoms with Crippen molar-refractivity contribution in [3.63, 3.8) is 0 Å². The molecule has 0 aliphatic rings. The van der Waals surface area contributed by atoms with Crippen LogP contribution in [0.5, 0.6) is 0 Å². The van der Waals surface area contributed by atoms with E-state index in [2.05, 4.69) is 21.0 Å². The van der Waals surface area contributed by atoms with E-state index in [1.807, 2.05) is 24.3 Å². The Kier molecular flexibility index (Phi) is 4.16. The lowest BCUT2D eigenvalue weighted by Gasteiger charge is -2.02. The summed E-state index contributed by atoms with van der Waals surface area (Å²) >= 11 is 9.50. The number of ether oxygens (including phenoxy) is 1. The van der Waals surface area contributed by atoms with Gasteiger partial charge in [0.05, 0.1) is 17.9 Å². The zero-order valence-electron chi connectivity index (χ0n) is 9.56. The smallest absolute Gasteiger partial charge is 0.155 e. The molecule has 0 unspecified atom stereocenters. The molecule has 0 aliphatic heterocycles. The highest BCUT2D eigenvalue weighted by atomic mass is 79.9. The molecule has 2 rings (SSSR count). The summed E-state index contributed by atoms with van der Waals surface area (Å²) in [6.07, 6.45) is 0.693. The Labute approximate surface area is 118 Å². The molecule has 6 heteroatoms. The number of methoxy groups -OCH3 is 1. The molecule has 0 aliphatic carbocycles. The van der Waals surface area contributed by atoms with Gasteiger partial charge in [-0.25, -0.2) is 4.68 Å². The summed E-state index contributed by atoms with van der Waals surface area (Å²) in [4.78, 5) is 11.0. The molecule has 0 amide bonds. The molecular weight excluding hydrogens is 320 g/mol.